The lowest BCUT2D eigenvalue weighted by Crippen LogP contribution is -3.15. The third kappa shape index (κ3) is 2.23. The summed E-state index contributed by atoms with van der Waals surface area (Å²) in [5, 5.41) is 1.35. The third-order valence-electron chi connectivity index (χ3n) is 6.72. The second-order valence-corrected chi connectivity index (χ2v) is 7.89. The number of hydrogen-bond acceptors (Lipinski definition) is 3. The summed E-state index contributed by atoms with van der Waals surface area (Å²) in [7, 11) is 1.45. The molecule has 2 N–H and O–H groups in total. The Morgan fingerprint density at radius 1 is 1.35 bits per heavy atom. The first-order chi connectivity index (χ1) is 12.7. The second kappa shape index (κ2) is 5.88. The molecule has 3 aliphatic heterocycles. The van der Waals surface area contributed by atoms with Crippen LogP contribution in [0.1, 0.15) is 30.6 Å². The number of H-pyrrole nitrogens is 1. The highest BCUT2D eigenvalue weighted by Gasteiger charge is 2.49. The Hall–Kier alpha value is -2.27. The minimum atomic E-state index is -0.247. The van der Waals surface area contributed by atoms with Gasteiger partial charge in [0.2, 0.25) is 0 Å². The van der Waals surface area contributed by atoms with Crippen LogP contribution >= 0.6 is 0 Å². The number of esters is 1. The summed E-state index contributed by atoms with van der Waals surface area (Å²) in [6, 6.07) is 8.99. The van der Waals surface area contributed by atoms with E-state index in [4.69, 9.17) is 9.47 Å². The molecule has 1 aromatic heterocycles. The number of fused-ring (bicyclic) bond motifs is 6. The number of ether oxygens (including phenoxy) is 2. The van der Waals surface area contributed by atoms with Gasteiger partial charge in [-0.05, 0) is 18.6 Å². The van der Waals surface area contributed by atoms with Gasteiger partial charge in [0.25, 0.3) is 0 Å². The molecule has 1 unspecified atom stereocenters. The smallest absolute Gasteiger partial charge is 0.337 e. The number of benzene rings is 1. The number of piperidine rings is 1. The Bertz CT molecular complexity index is 900. The number of methoxy groups -OCH3 is 1. The number of carbonyl (C=O) groups is 1. The summed E-state index contributed by atoms with van der Waals surface area (Å²) in [4.78, 5) is 17.6. The average molecular weight is 353 g/mol. The van der Waals surface area contributed by atoms with Crippen LogP contribution in [-0.2, 0) is 20.7 Å². The highest BCUT2D eigenvalue weighted by Crippen LogP contribution is 2.41. The Kier molecular flexibility index (Phi) is 3.60. The molecule has 0 amide bonds. The number of carbonyl (C=O) groups excluding carboxylic acids is 1. The molecule has 5 nitrogen and oxygen atoms in total. The molecule has 4 heterocycles. The van der Waals surface area contributed by atoms with Gasteiger partial charge in [-0.2, -0.15) is 0 Å². The monoisotopic (exact) mass is 353 g/mol. The topological polar surface area (TPSA) is 55.8 Å². The number of aromatic nitrogens is 1. The zero-order chi connectivity index (χ0) is 17.8. The number of quaternary nitrogens is 1. The van der Waals surface area contributed by atoms with Gasteiger partial charge in [0, 0.05) is 29.7 Å². The average Bonchev–Trinajstić information content (AvgIpc) is 3.06. The fourth-order valence-corrected chi connectivity index (χ4v) is 5.39. The van der Waals surface area contributed by atoms with E-state index in [0.29, 0.717) is 17.5 Å². The molecule has 0 bridgehead atoms. The van der Waals surface area contributed by atoms with E-state index in [2.05, 4.69) is 36.2 Å². The minimum Gasteiger partial charge on any atom is -0.497 e. The number of aromatic amines is 1. The largest absolute Gasteiger partial charge is 0.497 e. The lowest BCUT2D eigenvalue weighted by Gasteiger charge is -2.46. The summed E-state index contributed by atoms with van der Waals surface area (Å²) >= 11 is 0. The predicted octanol–water partition coefficient (Wildman–Crippen LogP) is 1.76. The normalized spacial score (nSPS) is 32.7. The zero-order valence-corrected chi connectivity index (χ0v) is 15.2. The lowest BCUT2D eigenvalue weighted by molar-refractivity contribution is -0.944. The summed E-state index contributed by atoms with van der Waals surface area (Å²) < 4.78 is 10.8. The summed E-state index contributed by atoms with van der Waals surface area (Å²) in [6.45, 7) is 4.31. The molecule has 3 aliphatic rings. The maximum atomic E-state index is 12.3. The van der Waals surface area contributed by atoms with Crippen LogP contribution in [0.25, 0.3) is 10.9 Å². The van der Waals surface area contributed by atoms with Gasteiger partial charge in [-0.1, -0.05) is 18.2 Å². The first kappa shape index (κ1) is 15.9. The highest BCUT2D eigenvalue weighted by molar-refractivity contribution is 5.89. The Labute approximate surface area is 153 Å². The van der Waals surface area contributed by atoms with Gasteiger partial charge in [0.05, 0.1) is 43.6 Å². The van der Waals surface area contributed by atoms with E-state index in [1.807, 2.05) is 0 Å². The van der Waals surface area contributed by atoms with Gasteiger partial charge in [-0.15, -0.1) is 0 Å². The van der Waals surface area contributed by atoms with Crippen LogP contribution in [0.5, 0.6) is 0 Å². The highest BCUT2D eigenvalue weighted by atomic mass is 16.5. The SMILES string of the molecule is COC(=O)C1=CO[C@@H](C)[C@H]2C[NH+]3CCc4c([nH]c5ccccc45)[C@@H]3C[C@H]12. The van der Waals surface area contributed by atoms with Gasteiger partial charge >= 0.3 is 5.97 Å². The zero-order valence-electron chi connectivity index (χ0n) is 15.2. The molecule has 1 aromatic carbocycles. The predicted molar refractivity (Wildman–Crippen MR) is 97.7 cm³/mol. The van der Waals surface area contributed by atoms with Crippen molar-refractivity contribution in [2.24, 2.45) is 11.8 Å². The van der Waals surface area contributed by atoms with Crippen molar-refractivity contribution in [1.82, 2.24) is 4.98 Å². The summed E-state index contributed by atoms with van der Waals surface area (Å²) in [6.07, 6.45) is 3.87. The van der Waals surface area contributed by atoms with E-state index >= 15 is 0 Å². The van der Waals surface area contributed by atoms with Crippen molar-refractivity contribution in [2.45, 2.75) is 31.9 Å². The van der Waals surface area contributed by atoms with Crippen molar-refractivity contribution >= 4 is 16.9 Å². The van der Waals surface area contributed by atoms with Crippen molar-refractivity contribution in [3.63, 3.8) is 0 Å². The van der Waals surface area contributed by atoms with Crippen LogP contribution in [0.3, 0.4) is 0 Å². The van der Waals surface area contributed by atoms with Crippen LogP contribution in [-0.4, -0.2) is 37.3 Å². The molecule has 0 radical (unpaired) electrons. The van der Waals surface area contributed by atoms with Crippen LogP contribution in [0.4, 0.5) is 0 Å². The van der Waals surface area contributed by atoms with Crippen molar-refractivity contribution in [3.8, 4) is 0 Å². The molecule has 5 atom stereocenters. The van der Waals surface area contributed by atoms with Crippen molar-refractivity contribution in [2.75, 3.05) is 20.2 Å². The number of rotatable bonds is 1. The quantitative estimate of drug-likeness (QED) is 0.768. The van der Waals surface area contributed by atoms with Crippen molar-refractivity contribution in [1.29, 1.82) is 0 Å². The second-order valence-electron chi connectivity index (χ2n) is 7.89. The van der Waals surface area contributed by atoms with Gasteiger partial charge < -0.3 is 19.4 Å². The maximum absolute atomic E-state index is 12.3. The fourth-order valence-electron chi connectivity index (χ4n) is 5.39. The van der Waals surface area contributed by atoms with E-state index in [0.717, 1.165) is 25.9 Å². The third-order valence-corrected chi connectivity index (χ3v) is 6.72. The fraction of sp³-hybridized carbons (Fsp3) is 0.476. The van der Waals surface area contributed by atoms with Crippen molar-refractivity contribution < 1.29 is 19.2 Å². The molecule has 5 rings (SSSR count). The maximum Gasteiger partial charge on any atom is 0.337 e. The van der Waals surface area contributed by atoms with Crippen LogP contribution in [0.2, 0.25) is 0 Å². The van der Waals surface area contributed by atoms with Crippen LogP contribution in [0, 0.1) is 11.8 Å². The van der Waals surface area contributed by atoms with E-state index in [-0.39, 0.29) is 18.0 Å². The van der Waals surface area contributed by atoms with Gasteiger partial charge in [-0.3, -0.25) is 0 Å². The molecular formula is C21H25N2O3+. The molecule has 1 fully saturated rings. The Morgan fingerprint density at radius 3 is 3.04 bits per heavy atom. The van der Waals surface area contributed by atoms with Crippen LogP contribution in [0.15, 0.2) is 36.1 Å². The van der Waals surface area contributed by atoms with Gasteiger partial charge in [0.1, 0.15) is 12.1 Å². The summed E-state index contributed by atoms with van der Waals surface area (Å²) in [5.41, 5.74) is 4.77. The van der Waals surface area contributed by atoms with E-state index < -0.39 is 0 Å². The van der Waals surface area contributed by atoms with Gasteiger partial charge in [0.15, 0.2) is 0 Å². The molecule has 1 saturated heterocycles. The Balaban J connectivity index is 1.55. The van der Waals surface area contributed by atoms with Crippen molar-refractivity contribution in [3.05, 3.63) is 47.4 Å². The minimum absolute atomic E-state index is 0.144. The molecule has 26 heavy (non-hydrogen) atoms. The summed E-state index contributed by atoms with van der Waals surface area (Å²) in [5.74, 6) is 0.326. The standard InChI is InChI=1S/C21H24N2O3/c1-12-16-10-23-8-7-14-13-5-3-4-6-18(13)22-20(14)19(23)9-15(16)17(11-26-12)21(24)25-2/h3-6,11-12,15-16,19,22H,7-10H2,1-2H3/p+1/t12-,15-,16+,19-/m0/s1. The molecule has 0 saturated carbocycles. The van der Waals surface area contributed by atoms with E-state index in [1.54, 1.807) is 11.2 Å². The molecule has 0 spiro atoms. The number of para-hydroxylation sites is 1. The van der Waals surface area contributed by atoms with Crippen LogP contribution < -0.4 is 4.90 Å². The molecule has 136 valence electrons. The molecule has 0 aliphatic carbocycles. The number of nitrogens with one attached hydrogen (secondary N) is 2. The number of hydrogen-bond donors (Lipinski definition) is 2. The first-order valence-electron chi connectivity index (χ1n) is 9.55. The Morgan fingerprint density at radius 2 is 2.19 bits per heavy atom. The molecule has 2 aromatic rings. The van der Waals surface area contributed by atoms with E-state index in [1.165, 1.54) is 29.3 Å². The van der Waals surface area contributed by atoms with E-state index in [9.17, 15) is 4.79 Å². The lowest BCUT2D eigenvalue weighted by atomic mass is 9.72. The molecular weight excluding hydrogens is 328 g/mol. The van der Waals surface area contributed by atoms with Gasteiger partial charge in [-0.25, -0.2) is 4.79 Å². The molecule has 5 heteroatoms. The first-order valence-corrected chi connectivity index (χ1v) is 9.55.